The average molecular weight is 224 g/mol. The minimum atomic E-state index is -1.59. The molecule has 0 radical (unpaired) electrons. The molecule has 78 valence electrons. The highest BCUT2D eigenvalue weighted by Gasteiger charge is 2.15. The fourth-order valence-corrected chi connectivity index (χ4v) is 1.98. The maximum absolute atomic E-state index is 9.18. The predicted octanol–water partition coefficient (Wildman–Crippen LogP) is 2.18. The Kier molecular flexibility index (Phi) is 2.61. The van der Waals surface area contributed by atoms with Crippen LogP contribution in [0.2, 0.25) is 5.15 Å². The second-order valence-corrected chi connectivity index (χ2v) is 3.69. The average Bonchev–Trinajstić information content (AvgIpc) is 2.17. The topological polar surface area (TPSA) is 53.4 Å². The third-order valence-electron chi connectivity index (χ3n) is 2.41. The molecule has 0 unspecified atom stereocenters. The van der Waals surface area contributed by atoms with Gasteiger partial charge in [0.2, 0.25) is 0 Å². The first-order valence-corrected chi connectivity index (χ1v) is 4.90. The maximum atomic E-state index is 9.18. The molecule has 2 aromatic rings. The number of halogens is 1. The van der Waals surface area contributed by atoms with Gasteiger partial charge in [-0.25, -0.2) is 4.98 Å². The number of para-hydroxylation sites is 1. The first-order chi connectivity index (χ1) is 7.11. The minimum Gasteiger partial charge on any atom is -0.364 e. The van der Waals surface area contributed by atoms with Gasteiger partial charge in [0.05, 0.1) is 5.52 Å². The molecular formula is C11H10ClNO2. The number of aliphatic hydroxyl groups excluding tert-OH is 1. The van der Waals surface area contributed by atoms with E-state index >= 15 is 0 Å². The summed E-state index contributed by atoms with van der Waals surface area (Å²) in [5.74, 6) is 0. The van der Waals surface area contributed by atoms with Crippen molar-refractivity contribution < 1.29 is 10.2 Å². The van der Waals surface area contributed by atoms with Crippen molar-refractivity contribution in [3.63, 3.8) is 0 Å². The maximum Gasteiger partial charge on any atom is 0.181 e. The highest BCUT2D eigenvalue weighted by molar-refractivity contribution is 6.30. The summed E-state index contributed by atoms with van der Waals surface area (Å²) in [4.78, 5) is 4.10. The summed E-state index contributed by atoms with van der Waals surface area (Å²) in [5.41, 5.74) is 1.78. The van der Waals surface area contributed by atoms with Gasteiger partial charge in [0, 0.05) is 10.9 Å². The van der Waals surface area contributed by atoms with Crippen molar-refractivity contribution in [2.24, 2.45) is 0 Å². The fraction of sp³-hybridized carbons (Fsp3) is 0.182. The van der Waals surface area contributed by atoms with E-state index in [4.69, 9.17) is 11.6 Å². The summed E-state index contributed by atoms with van der Waals surface area (Å²) in [6.45, 7) is 1.80. The van der Waals surface area contributed by atoms with E-state index < -0.39 is 6.29 Å². The molecule has 0 bridgehead atoms. The second-order valence-electron chi connectivity index (χ2n) is 3.33. The van der Waals surface area contributed by atoms with Gasteiger partial charge in [-0.15, -0.1) is 0 Å². The number of hydrogen-bond donors (Lipinski definition) is 2. The van der Waals surface area contributed by atoms with Crippen molar-refractivity contribution >= 4 is 22.5 Å². The van der Waals surface area contributed by atoms with Crippen LogP contribution in [0.4, 0.5) is 0 Å². The lowest BCUT2D eigenvalue weighted by Crippen LogP contribution is -2.02. The second kappa shape index (κ2) is 3.77. The molecule has 0 aliphatic carbocycles. The lowest BCUT2D eigenvalue weighted by Gasteiger charge is -2.12. The molecule has 15 heavy (non-hydrogen) atoms. The van der Waals surface area contributed by atoms with Crippen LogP contribution in [-0.4, -0.2) is 15.2 Å². The van der Waals surface area contributed by atoms with Gasteiger partial charge in [-0.2, -0.15) is 0 Å². The standard InChI is InChI=1S/C11H10ClNO2/c1-6-7-4-2-3-5-8(7)13-10(12)9(6)11(14)15/h2-5,11,14-15H,1H3. The number of nitrogens with zero attached hydrogens (tertiary/aromatic N) is 1. The number of rotatable bonds is 1. The third-order valence-corrected chi connectivity index (χ3v) is 2.70. The number of hydrogen-bond acceptors (Lipinski definition) is 3. The zero-order chi connectivity index (χ0) is 11.0. The van der Waals surface area contributed by atoms with Crippen LogP contribution in [0.5, 0.6) is 0 Å². The molecule has 2 rings (SSSR count). The molecule has 0 spiro atoms. The van der Waals surface area contributed by atoms with Crippen molar-refractivity contribution in [2.45, 2.75) is 13.2 Å². The number of aliphatic hydroxyl groups is 2. The molecule has 1 heterocycles. The molecule has 0 aliphatic heterocycles. The van der Waals surface area contributed by atoms with Gasteiger partial charge in [-0.3, -0.25) is 0 Å². The Bertz CT molecular complexity index is 511. The molecule has 0 saturated carbocycles. The van der Waals surface area contributed by atoms with E-state index in [2.05, 4.69) is 4.98 Å². The molecule has 0 aliphatic rings. The Morgan fingerprint density at radius 3 is 2.60 bits per heavy atom. The molecule has 0 atom stereocenters. The van der Waals surface area contributed by atoms with Crippen LogP contribution in [0.15, 0.2) is 24.3 Å². The Morgan fingerprint density at radius 1 is 1.27 bits per heavy atom. The van der Waals surface area contributed by atoms with Gasteiger partial charge in [-0.05, 0) is 18.6 Å². The van der Waals surface area contributed by atoms with Gasteiger partial charge < -0.3 is 10.2 Å². The lowest BCUT2D eigenvalue weighted by atomic mass is 10.0. The van der Waals surface area contributed by atoms with E-state index in [1.807, 2.05) is 24.3 Å². The third kappa shape index (κ3) is 1.69. The first kappa shape index (κ1) is 10.4. The summed E-state index contributed by atoms with van der Waals surface area (Å²) < 4.78 is 0. The predicted molar refractivity (Wildman–Crippen MR) is 58.7 cm³/mol. The summed E-state index contributed by atoms with van der Waals surface area (Å²) in [5, 5.41) is 19.4. The van der Waals surface area contributed by atoms with Gasteiger partial charge >= 0.3 is 0 Å². The number of aryl methyl sites for hydroxylation is 1. The van der Waals surface area contributed by atoms with Gasteiger partial charge in [0.15, 0.2) is 6.29 Å². The number of benzene rings is 1. The lowest BCUT2D eigenvalue weighted by molar-refractivity contribution is -0.0429. The van der Waals surface area contributed by atoms with Crippen LogP contribution < -0.4 is 0 Å². The molecule has 4 heteroatoms. The summed E-state index contributed by atoms with van der Waals surface area (Å²) in [6.07, 6.45) is -1.59. The molecule has 1 aromatic carbocycles. The van der Waals surface area contributed by atoms with E-state index in [0.717, 1.165) is 16.5 Å². The monoisotopic (exact) mass is 223 g/mol. The molecule has 0 saturated heterocycles. The number of fused-ring (bicyclic) bond motifs is 1. The SMILES string of the molecule is Cc1c(C(O)O)c(Cl)nc2ccccc12. The van der Waals surface area contributed by atoms with Crippen LogP contribution in [0.25, 0.3) is 10.9 Å². The van der Waals surface area contributed by atoms with Crippen molar-refractivity contribution in [1.29, 1.82) is 0 Å². The Hall–Kier alpha value is -1.16. The molecule has 0 fully saturated rings. The van der Waals surface area contributed by atoms with E-state index in [-0.39, 0.29) is 10.7 Å². The quantitative estimate of drug-likeness (QED) is 0.576. The Balaban J connectivity index is 2.84. The molecule has 3 nitrogen and oxygen atoms in total. The smallest absolute Gasteiger partial charge is 0.181 e. The van der Waals surface area contributed by atoms with Crippen LogP contribution in [-0.2, 0) is 0 Å². The number of aromatic nitrogens is 1. The largest absolute Gasteiger partial charge is 0.364 e. The van der Waals surface area contributed by atoms with Gasteiger partial charge in [0.25, 0.3) is 0 Å². The van der Waals surface area contributed by atoms with E-state index in [1.54, 1.807) is 6.92 Å². The minimum absolute atomic E-state index is 0.140. The van der Waals surface area contributed by atoms with Crippen LogP contribution in [0.3, 0.4) is 0 Å². The van der Waals surface area contributed by atoms with E-state index in [1.165, 1.54) is 0 Å². The fourth-order valence-electron chi connectivity index (χ4n) is 1.65. The zero-order valence-corrected chi connectivity index (χ0v) is 8.86. The number of pyridine rings is 1. The van der Waals surface area contributed by atoms with Gasteiger partial charge in [0.1, 0.15) is 5.15 Å². The molecule has 2 N–H and O–H groups in total. The summed E-state index contributed by atoms with van der Waals surface area (Å²) in [6, 6.07) is 7.44. The molecule has 0 amide bonds. The van der Waals surface area contributed by atoms with Crippen molar-refractivity contribution in [3.8, 4) is 0 Å². The van der Waals surface area contributed by atoms with Crippen molar-refractivity contribution in [3.05, 3.63) is 40.5 Å². The zero-order valence-electron chi connectivity index (χ0n) is 8.11. The van der Waals surface area contributed by atoms with Crippen LogP contribution in [0, 0.1) is 6.92 Å². The highest BCUT2D eigenvalue weighted by Crippen LogP contribution is 2.29. The highest BCUT2D eigenvalue weighted by atomic mass is 35.5. The van der Waals surface area contributed by atoms with Crippen molar-refractivity contribution in [1.82, 2.24) is 4.98 Å². The Labute approximate surface area is 92.0 Å². The Morgan fingerprint density at radius 2 is 1.93 bits per heavy atom. The summed E-state index contributed by atoms with van der Waals surface area (Å²) >= 11 is 5.87. The van der Waals surface area contributed by atoms with Crippen LogP contribution >= 0.6 is 11.6 Å². The van der Waals surface area contributed by atoms with Crippen molar-refractivity contribution in [2.75, 3.05) is 0 Å². The van der Waals surface area contributed by atoms with Gasteiger partial charge in [-0.1, -0.05) is 29.8 Å². The molecular weight excluding hydrogens is 214 g/mol. The normalized spacial score (nSPS) is 11.3. The first-order valence-electron chi connectivity index (χ1n) is 4.52. The molecule has 1 aromatic heterocycles. The van der Waals surface area contributed by atoms with E-state index in [0.29, 0.717) is 0 Å². The van der Waals surface area contributed by atoms with Crippen LogP contribution in [0.1, 0.15) is 17.4 Å². The summed E-state index contributed by atoms with van der Waals surface area (Å²) in [7, 11) is 0. The van der Waals surface area contributed by atoms with E-state index in [9.17, 15) is 10.2 Å².